The minimum atomic E-state index is -0.0864. The van der Waals surface area contributed by atoms with E-state index in [0.29, 0.717) is 17.0 Å². The molecule has 1 aliphatic rings. The van der Waals surface area contributed by atoms with E-state index in [4.69, 9.17) is 0 Å². The second kappa shape index (κ2) is 4.70. The molecular formula is C16H14N4O. The molecule has 4 rings (SSSR count). The molecule has 0 bridgehead atoms. The SMILES string of the molecule is O=c1c2ncccc2nc2n1C(c1ccccc1)CCN2. The number of benzene rings is 1. The molecule has 0 radical (unpaired) electrons. The van der Waals surface area contributed by atoms with E-state index in [9.17, 15) is 4.79 Å². The van der Waals surface area contributed by atoms with Crippen LogP contribution < -0.4 is 10.9 Å². The highest BCUT2D eigenvalue weighted by molar-refractivity contribution is 5.74. The normalized spacial score (nSPS) is 17.2. The zero-order valence-corrected chi connectivity index (χ0v) is 11.4. The van der Waals surface area contributed by atoms with Gasteiger partial charge in [0.05, 0.1) is 11.6 Å². The Labute approximate surface area is 121 Å². The van der Waals surface area contributed by atoms with E-state index in [2.05, 4.69) is 27.4 Å². The van der Waals surface area contributed by atoms with Gasteiger partial charge >= 0.3 is 0 Å². The van der Waals surface area contributed by atoms with Crippen LogP contribution in [0.3, 0.4) is 0 Å². The average Bonchev–Trinajstić information content (AvgIpc) is 2.55. The number of rotatable bonds is 1. The van der Waals surface area contributed by atoms with Crippen LogP contribution in [0, 0.1) is 0 Å². The van der Waals surface area contributed by atoms with E-state index in [-0.39, 0.29) is 11.6 Å². The molecule has 21 heavy (non-hydrogen) atoms. The van der Waals surface area contributed by atoms with Crippen LogP contribution >= 0.6 is 0 Å². The third-order valence-electron chi connectivity index (χ3n) is 3.86. The van der Waals surface area contributed by atoms with E-state index in [0.717, 1.165) is 18.5 Å². The van der Waals surface area contributed by atoms with Crippen molar-refractivity contribution < 1.29 is 0 Å². The molecule has 1 unspecified atom stereocenters. The highest BCUT2D eigenvalue weighted by Crippen LogP contribution is 2.27. The Kier molecular flexibility index (Phi) is 2.70. The monoisotopic (exact) mass is 278 g/mol. The molecule has 5 nitrogen and oxygen atoms in total. The topological polar surface area (TPSA) is 59.8 Å². The Bertz CT molecular complexity index is 857. The fraction of sp³-hybridized carbons (Fsp3) is 0.188. The highest BCUT2D eigenvalue weighted by atomic mass is 16.1. The number of anilines is 1. The lowest BCUT2D eigenvalue weighted by Crippen LogP contribution is -2.35. The summed E-state index contributed by atoms with van der Waals surface area (Å²) in [7, 11) is 0. The largest absolute Gasteiger partial charge is 0.355 e. The van der Waals surface area contributed by atoms with Crippen LogP contribution in [-0.4, -0.2) is 21.1 Å². The van der Waals surface area contributed by atoms with E-state index in [1.807, 2.05) is 24.3 Å². The molecule has 1 aliphatic heterocycles. The third-order valence-corrected chi connectivity index (χ3v) is 3.86. The molecule has 0 saturated heterocycles. The number of nitrogens with one attached hydrogen (secondary N) is 1. The first-order chi connectivity index (χ1) is 10.3. The Hall–Kier alpha value is -2.69. The van der Waals surface area contributed by atoms with Crippen molar-refractivity contribution in [2.75, 3.05) is 11.9 Å². The van der Waals surface area contributed by atoms with Crippen molar-refractivity contribution >= 4 is 17.0 Å². The molecule has 0 spiro atoms. The summed E-state index contributed by atoms with van der Waals surface area (Å²) < 4.78 is 1.73. The number of fused-ring (bicyclic) bond motifs is 2. The quantitative estimate of drug-likeness (QED) is 0.741. The molecular weight excluding hydrogens is 264 g/mol. The van der Waals surface area contributed by atoms with Crippen molar-refractivity contribution in [2.24, 2.45) is 0 Å². The molecule has 3 aromatic rings. The fourth-order valence-electron chi connectivity index (χ4n) is 2.88. The van der Waals surface area contributed by atoms with Gasteiger partial charge in [0.15, 0.2) is 5.52 Å². The predicted octanol–water partition coefficient (Wildman–Crippen LogP) is 2.20. The number of pyridine rings is 1. The lowest BCUT2D eigenvalue weighted by Gasteiger charge is -2.28. The van der Waals surface area contributed by atoms with Crippen molar-refractivity contribution in [3.05, 3.63) is 64.6 Å². The van der Waals surface area contributed by atoms with Crippen LogP contribution in [0.25, 0.3) is 11.0 Å². The maximum Gasteiger partial charge on any atom is 0.282 e. The minimum Gasteiger partial charge on any atom is -0.355 e. The van der Waals surface area contributed by atoms with Gasteiger partial charge in [-0.25, -0.2) is 9.97 Å². The van der Waals surface area contributed by atoms with Gasteiger partial charge in [-0.1, -0.05) is 30.3 Å². The molecule has 1 atom stereocenters. The molecule has 1 N–H and O–H groups in total. The van der Waals surface area contributed by atoms with E-state index in [1.54, 1.807) is 16.8 Å². The Balaban J connectivity index is 1.99. The van der Waals surface area contributed by atoms with E-state index in [1.165, 1.54) is 0 Å². The highest BCUT2D eigenvalue weighted by Gasteiger charge is 2.24. The molecule has 0 aliphatic carbocycles. The summed E-state index contributed by atoms with van der Waals surface area (Å²) in [5, 5.41) is 3.22. The van der Waals surface area contributed by atoms with Crippen LogP contribution in [0.1, 0.15) is 18.0 Å². The summed E-state index contributed by atoms with van der Waals surface area (Å²) in [6, 6.07) is 13.7. The lowest BCUT2D eigenvalue weighted by molar-refractivity contribution is 0.510. The second-order valence-corrected chi connectivity index (χ2v) is 5.12. The first-order valence-electron chi connectivity index (χ1n) is 7.01. The van der Waals surface area contributed by atoms with Gasteiger partial charge in [-0.2, -0.15) is 0 Å². The van der Waals surface area contributed by atoms with Gasteiger partial charge in [-0.3, -0.25) is 9.36 Å². The van der Waals surface area contributed by atoms with Gasteiger partial charge < -0.3 is 5.32 Å². The number of hydrogen-bond acceptors (Lipinski definition) is 4. The van der Waals surface area contributed by atoms with Gasteiger partial charge in [-0.05, 0) is 24.1 Å². The summed E-state index contributed by atoms with van der Waals surface area (Å²) in [6.45, 7) is 0.803. The Morgan fingerprint density at radius 3 is 2.86 bits per heavy atom. The molecule has 104 valence electrons. The summed E-state index contributed by atoms with van der Waals surface area (Å²) in [4.78, 5) is 21.5. The Morgan fingerprint density at radius 1 is 1.14 bits per heavy atom. The van der Waals surface area contributed by atoms with E-state index < -0.39 is 0 Å². The minimum absolute atomic E-state index is 0.00820. The van der Waals surface area contributed by atoms with Crippen molar-refractivity contribution in [1.29, 1.82) is 0 Å². The van der Waals surface area contributed by atoms with Crippen molar-refractivity contribution in [3.63, 3.8) is 0 Å². The van der Waals surface area contributed by atoms with E-state index >= 15 is 0 Å². The number of nitrogens with zero attached hydrogens (tertiary/aromatic N) is 3. The zero-order chi connectivity index (χ0) is 14.2. The first-order valence-corrected chi connectivity index (χ1v) is 7.01. The number of aromatic nitrogens is 3. The van der Waals surface area contributed by atoms with Crippen LogP contribution in [0.15, 0.2) is 53.5 Å². The fourth-order valence-corrected chi connectivity index (χ4v) is 2.88. The molecule has 5 heteroatoms. The zero-order valence-electron chi connectivity index (χ0n) is 11.4. The summed E-state index contributed by atoms with van der Waals surface area (Å²) in [5.74, 6) is 0.626. The van der Waals surface area contributed by atoms with Crippen LogP contribution in [0.4, 0.5) is 5.95 Å². The van der Waals surface area contributed by atoms with Gasteiger partial charge in [0.2, 0.25) is 5.95 Å². The smallest absolute Gasteiger partial charge is 0.282 e. The lowest BCUT2D eigenvalue weighted by atomic mass is 10.0. The summed E-state index contributed by atoms with van der Waals surface area (Å²) >= 11 is 0. The maximum atomic E-state index is 12.8. The van der Waals surface area contributed by atoms with Crippen molar-refractivity contribution in [2.45, 2.75) is 12.5 Å². The van der Waals surface area contributed by atoms with Crippen LogP contribution in [0.5, 0.6) is 0 Å². The van der Waals surface area contributed by atoms with Crippen molar-refractivity contribution in [3.8, 4) is 0 Å². The third kappa shape index (κ3) is 1.89. The Morgan fingerprint density at radius 2 is 2.00 bits per heavy atom. The summed E-state index contributed by atoms with van der Waals surface area (Å²) in [5.41, 5.74) is 2.09. The molecule has 3 heterocycles. The van der Waals surface area contributed by atoms with Gasteiger partial charge in [-0.15, -0.1) is 0 Å². The standard InChI is InChI=1S/C16H14N4O/c21-15-14-12(7-4-9-17-14)19-16-18-10-8-13(20(15)16)11-5-2-1-3-6-11/h1-7,9,13H,8,10H2,(H,18,19). The van der Waals surface area contributed by atoms with Gasteiger partial charge in [0.1, 0.15) is 0 Å². The molecule has 1 aromatic carbocycles. The second-order valence-electron chi connectivity index (χ2n) is 5.12. The van der Waals surface area contributed by atoms with Crippen LogP contribution in [-0.2, 0) is 0 Å². The molecule has 0 fully saturated rings. The molecule has 0 saturated carbocycles. The van der Waals surface area contributed by atoms with Crippen LogP contribution in [0.2, 0.25) is 0 Å². The molecule has 2 aromatic heterocycles. The molecule has 0 amide bonds. The summed E-state index contributed by atoms with van der Waals surface area (Å²) in [6.07, 6.45) is 2.49. The van der Waals surface area contributed by atoms with Gasteiger partial charge in [0, 0.05) is 12.7 Å². The predicted molar refractivity (Wildman–Crippen MR) is 81.5 cm³/mol. The number of hydrogen-bond donors (Lipinski definition) is 1. The van der Waals surface area contributed by atoms with Crippen molar-refractivity contribution in [1.82, 2.24) is 14.5 Å². The average molecular weight is 278 g/mol. The van der Waals surface area contributed by atoms with Gasteiger partial charge in [0.25, 0.3) is 5.56 Å². The maximum absolute atomic E-state index is 12.8. The first kappa shape index (κ1) is 12.1.